The Hall–Kier alpha value is -1.58. The van der Waals surface area contributed by atoms with Crippen molar-refractivity contribution in [2.45, 2.75) is 0 Å². The summed E-state index contributed by atoms with van der Waals surface area (Å²) in [6, 6.07) is 12.2. The quantitative estimate of drug-likeness (QED) is 0.604. The van der Waals surface area contributed by atoms with Crippen molar-refractivity contribution in [2.75, 3.05) is 5.73 Å². The van der Waals surface area contributed by atoms with Crippen LogP contribution in [-0.2, 0) is 0 Å². The van der Waals surface area contributed by atoms with Gasteiger partial charge in [-0.05, 0) is 42.5 Å². The van der Waals surface area contributed by atoms with E-state index in [4.69, 9.17) is 28.9 Å². The van der Waals surface area contributed by atoms with Gasteiger partial charge in [-0.3, -0.25) is 0 Å². The Bertz CT molecular complexity index is 550. The predicted molar refractivity (Wildman–Crippen MR) is 71.5 cm³/mol. The fourth-order valence-electron chi connectivity index (χ4n) is 1.20. The molecule has 2 rings (SSSR count). The molecule has 0 heterocycles. The van der Waals surface area contributed by atoms with Gasteiger partial charge in [0.2, 0.25) is 0 Å². The van der Waals surface area contributed by atoms with Gasteiger partial charge in [0.15, 0.2) is 0 Å². The fraction of sp³-hybridized carbons (Fsp3) is 0. The monoisotopic (exact) mass is 265 g/mol. The lowest BCUT2D eigenvalue weighted by Gasteiger charge is -1.97. The summed E-state index contributed by atoms with van der Waals surface area (Å²) in [4.78, 5) is 0. The molecule has 0 aliphatic heterocycles. The average molecular weight is 266 g/mol. The van der Waals surface area contributed by atoms with E-state index in [1.807, 2.05) is 0 Å². The zero-order valence-electron chi connectivity index (χ0n) is 8.77. The molecule has 0 spiro atoms. The summed E-state index contributed by atoms with van der Waals surface area (Å²) in [6.07, 6.45) is 0. The first-order chi connectivity index (χ1) is 8.15. The number of nitrogen functional groups attached to an aromatic ring is 1. The van der Waals surface area contributed by atoms with Crippen LogP contribution in [0.5, 0.6) is 0 Å². The highest BCUT2D eigenvalue weighted by molar-refractivity contribution is 6.42. The number of benzene rings is 2. The van der Waals surface area contributed by atoms with Crippen LogP contribution in [0.25, 0.3) is 0 Å². The zero-order valence-corrected chi connectivity index (χ0v) is 10.3. The maximum atomic E-state index is 5.87. The van der Waals surface area contributed by atoms with Crippen molar-refractivity contribution < 1.29 is 0 Å². The van der Waals surface area contributed by atoms with Crippen LogP contribution in [-0.4, -0.2) is 0 Å². The van der Waals surface area contributed by atoms with Gasteiger partial charge >= 0.3 is 0 Å². The molecular weight excluding hydrogens is 257 g/mol. The molecule has 0 atom stereocenters. The Morgan fingerprint density at radius 1 is 0.765 bits per heavy atom. The number of hydrogen-bond donors (Lipinski definition) is 1. The van der Waals surface area contributed by atoms with E-state index in [2.05, 4.69) is 10.2 Å². The highest BCUT2D eigenvalue weighted by Gasteiger charge is 1.98. The summed E-state index contributed by atoms with van der Waals surface area (Å²) in [6.45, 7) is 0. The van der Waals surface area contributed by atoms with E-state index in [1.165, 1.54) is 0 Å². The standard InChI is InChI=1S/C12H9Cl2N3/c13-11-6-5-10(7-12(11)14)17-16-9-3-1-8(15)2-4-9/h1-7H,15H2. The number of rotatable bonds is 2. The van der Waals surface area contributed by atoms with Gasteiger partial charge in [0, 0.05) is 5.69 Å². The molecule has 2 aromatic rings. The molecule has 0 unspecified atom stereocenters. The molecule has 86 valence electrons. The Balaban J connectivity index is 2.20. The van der Waals surface area contributed by atoms with E-state index < -0.39 is 0 Å². The molecule has 0 amide bonds. The second-order valence-corrected chi connectivity index (χ2v) is 4.20. The number of nitrogens with two attached hydrogens (primary N) is 1. The lowest BCUT2D eigenvalue weighted by Crippen LogP contribution is -1.80. The Morgan fingerprint density at radius 2 is 1.35 bits per heavy atom. The second kappa shape index (κ2) is 5.17. The molecular formula is C12H9Cl2N3. The number of halogens is 2. The molecule has 0 aliphatic carbocycles. The third kappa shape index (κ3) is 3.19. The van der Waals surface area contributed by atoms with Crippen molar-refractivity contribution in [3.05, 3.63) is 52.5 Å². The first-order valence-corrected chi connectivity index (χ1v) is 5.63. The molecule has 0 aliphatic rings. The molecule has 0 fully saturated rings. The molecule has 2 aromatic carbocycles. The highest BCUT2D eigenvalue weighted by atomic mass is 35.5. The van der Waals surface area contributed by atoms with Crippen LogP contribution in [0.1, 0.15) is 0 Å². The fourth-order valence-corrected chi connectivity index (χ4v) is 1.50. The minimum atomic E-state index is 0.459. The number of azo groups is 1. The largest absolute Gasteiger partial charge is 0.399 e. The van der Waals surface area contributed by atoms with Crippen molar-refractivity contribution in [3.8, 4) is 0 Å². The molecule has 5 heteroatoms. The van der Waals surface area contributed by atoms with Crippen LogP contribution >= 0.6 is 23.2 Å². The van der Waals surface area contributed by atoms with E-state index in [1.54, 1.807) is 42.5 Å². The molecule has 0 aromatic heterocycles. The van der Waals surface area contributed by atoms with Crippen LogP contribution < -0.4 is 5.73 Å². The smallest absolute Gasteiger partial charge is 0.0872 e. The minimum absolute atomic E-state index is 0.459. The van der Waals surface area contributed by atoms with Crippen LogP contribution in [0.4, 0.5) is 17.1 Å². The third-order valence-corrected chi connectivity index (χ3v) is 2.82. The molecule has 3 nitrogen and oxygen atoms in total. The van der Waals surface area contributed by atoms with Crippen molar-refractivity contribution >= 4 is 40.3 Å². The Kier molecular flexibility index (Phi) is 3.61. The zero-order chi connectivity index (χ0) is 12.3. The summed E-state index contributed by atoms with van der Waals surface area (Å²) >= 11 is 11.7. The molecule has 17 heavy (non-hydrogen) atoms. The van der Waals surface area contributed by atoms with Crippen molar-refractivity contribution in [2.24, 2.45) is 10.2 Å². The van der Waals surface area contributed by atoms with E-state index in [0.29, 0.717) is 21.4 Å². The van der Waals surface area contributed by atoms with Gasteiger partial charge in [-0.2, -0.15) is 10.2 Å². The van der Waals surface area contributed by atoms with Gasteiger partial charge in [0.1, 0.15) is 0 Å². The van der Waals surface area contributed by atoms with Crippen LogP contribution in [0.2, 0.25) is 10.0 Å². The third-order valence-electron chi connectivity index (χ3n) is 2.08. The number of anilines is 1. The first kappa shape index (κ1) is 11.9. The Morgan fingerprint density at radius 3 is 2.00 bits per heavy atom. The number of nitrogens with zero attached hydrogens (tertiary/aromatic N) is 2. The number of hydrogen-bond acceptors (Lipinski definition) is 3. The predicted octanol–water partition coefficient (Wildman–Crippen LogP) is 4.99. The summed E-state index contributed by atoms with van der Waals surface area (Å²) in [5.41, 5.74) is 7.64. The van der Waals surface area contributed by atoms with Crippen molar-refractivity contribution in [1.82, 2.24) is 0 Å². The molecule has 0 saturated carbocycles. The van der Waals surface area contributed by atoms with E-state index in [9.17, 15) is 0 Å². The normalized spacial score (nSPS) is 10.9. The molecule has 0 radical (unpaired) electrons. The topological polar surface area (TPSA) is 50.7 Å². The van der Waals surface area contributed by atoms with Crippen LogP contribution in [0.15, 0.2) is 52.7 Å². The van der Waals surface area contributed by atoms with Gasteiger partial charge in [0.05, 0.1) is 21.4 Å². The van der Waals surface area contributed by atoms with Gasteiger partial charge in [-0.15, -0.1) is 0 Å². The summed E-state index contributed by atoms with van der Waals surface area (Å²) in [7, 11) is 0. The maximum absolute atomic E-state index is 5.87. The van der Waals surface area contributed by atoms with Crippen molar-refractivity contribution in [3.63, 3.8) is 0 Å². The SMILES string of the molecule is Nc1ccc(N=Nc2ccc(Cl)c(Cl)c2)cc1. The summed E-state index contributed by atoms with van der Waals surface area (Å²) in [5.74, 6) is 0. The lowest BCUT2D eigenvalue weighted by molar-refractivity contribution is 1.23. The highest BCUT2D eigenvalue weighted by Crippen LogP contribution is 2.27. The van der Waals surface area contributed by atoms with Crippen LogP contribution in [0.3, 0.4) is 0 Å². The maximum Gasteiger partial charge on any atom is 0.0872 e. The van der Waals surface area contributed by atoms with Gasteiger partial charge in [-0.1, -0.05) is 23.2 Å². The lowest BCUT2D eigenvalue weighted by atomic mass is 10.3. The first-order valence-electron chi connectivity index (χ1n) is 4.87. The van der Waals surface area contributed by atoms with E-state index in [-0.39, 0.29) is 0 Å². The average Bonchev–Trinajstić information content (AvgIpc) is 2.33. The van der Waals surface area contributed by atoms with Gasteiger partial charge < -0.3 is 5.73 Å². The second-order valence-electron chi connectivity index (χ2n) is 3.39. The van der Waals surface area contributed by atoms with E-state index >= 15 is 0 Å². The molecule has 0 bridgehead atoms. The van der Waals surface area contributed by atoms with Gasteiger partial charge in [-0.25, -0.2) is 0 Å². The molecule has 2 N–H and O–H groups in total. The molecule has 0 saturated heterocycles. The van der Waals surface area contributed by atoms with Gasteiger partial charge in [0.25, 0.3) is 0 Å². The minimum Gasteiger partial charge on any atom is -0.399 e. The van der Waals surface area contributed by atoms with Crippen LogP contribution in [0, 0.1) is 0 Å². The van der Waals surface area contributed by atoms with Crippen molar-refractivity contribution in [1.29, 1.82) is 0 Å². The summed E-state index contributed by atoms with van der Waals surface area (Å²) < 4.78 is 0. The summed E-state index contributed by atoms with van der Waals surface area (Å²) in [5, 5.41) is 9.06. The Labute approximate surface area is 109 Å². The van der Waals surface area contributed by atoms with E-state index in [0.717, 1.165) is 5.69 Å².